The highest BCUT2D eigenvalue weighted by Gasteiger charge is 2.49. The Morgan fingerprint density at radius 2 is 1.70 bits per heavy atom. The number of ether oxygens (including phenoxy) is 1. The molecule has 6 nitrogen and oxygen atoms in total. The summed E-state index contributed by atoms with van der Waals surface area (Å²) in [5.74, 6) is -0.902. The highest BCUT2D eigenvalue weighted by atomic mass is 19.4. The van der Waals surface area contributed by atoms with Gasteiger partial charge in [0.15, 0.2) is 5.65 Å². The van der Waals surface area contributed by atoms with Crippen LogP contribution < -0.4 is 0 Å². The number of hydrogen-bond donors (Lipinski definition) is 0. The molecule has 3 aromatic rings. The molecule has 2 atom stereocenters. The van der Waals surface area contributed by atoms with E-state index in [9.17, 15) is 13.2 Å². The summed E-state index contributed by atoms with van der Waals surface area (Å²) in [6.45, 7) is 6.21. The second-order valence-corrected chi connectivity index (χ2v) is 9.25. The van der Waals surface area contributed by atoms with E-state index in [0.717, 1.165) is 29.1 Å². The van der Waals surface area contributed by atoms with Crippen molar-refractivity contribution in [1.82, 2.24) is 24.9 Å². The van der Waals surface area contributed by atoms with Crippen LogP contribution >= 0.6 is 0 Å². The van der Waals surface area contributed by atoms with E-state index in [2.05, 4.69) is 15.0 Å². The van der Waals surface area contributed by atoms with Gasteiger partial charge in [0.05, 0.1) is 29.1 Å². The van der Waals surface area contributed by atoms with E-state index in [1.54, 1.807) is 6.20 Å². The van der Waals surface area contributed by atoms with Crippen LogP contribution in [0.5, 0.6) is 0 Å². The van der Waals surface area contributed by atoms with Crippen LogP contribution in [0, 0.1) is 26.7 Å². The number of alkyl halides is 3. The summed E-state index contributed by atoms with van der Waals surface area (Å²) in [6.07, 6.45) is -0.972. The first-order valence-corrected chi connectivity index (χ1v) is 11.3. The van der Waals surface area contributed by atoms with E-state index in [-0.39, 0.29) is 30.8 Å². The maximum atomic E-state index is 13.1. The van der Waals surface area contributed by atoms with Gasteiger partial charge in [0, 0.05) is 30.3 Å². The van der Waals surface area contributed by atoms with Crippen LogP contribution in [0.1, 0.15) is 77.8 Å². The van der Waals surface area contributed by atoms with Crippen molar-refractivity contribution in [1.29, 1.82) is 0 Å². The predicted molar refractivity (Wildman–Crippen MR) is 116 cm³/mol. The lowest BCUT2D eigenvalue weighted by Crippen LogP contribution is -2.35. The SMILES string of the molecule is Cc1cc([C@@H]2C[C@@H](c3nc(C4CC(C(F)(F)F)C4)c4nc(C)c(C)nc4n3)CCO2)ccn1. The first-order chi connectivity index (χ1) is 15.7. The van der Waals surface area contributed by atoms with Crippen molar-refractivity contribution in [2.75, 3.05) is 6.61 Å². The number of aryl methyl sites for hydroxylation is 3. The Bertz CT molecular complexity index is 1190. The molecule has 3 aromatic heterocycles. The van der Waals surface area contributed by atoms with E-state index in [0.29, 0.717) is 35.7 Å². The number of nitrogens with zero attached hydrogens (tertiary/aromatic N) is 5. The number of hydrogen-bond acceptors (Lipinski definition) is 6. The van der Waals surface area contributed by atoms with Crippen molar-refractivity contribution in [3.63, 3.8) is 0 Å². The van der Waals surface area contributed by atoms with Crippen LogP contribution in [0.4, 0.5) is 13.2 Å². The lowest BCUT2D eigenvalue weighted by Gasteiger charge is -2.36. The average molecular weight is 458 g/mol. The van der Waals surface area contributed by atoms with E-state index >= 15 is 0 Å². The fraction of sp³-hybridized carbons (Fsp3) is 0.542. The van der Waals surface area contributed by atoms with Crippen molar-refractivity contribution < 1.29 is 17.9 Å². The second-order valence-electron chi connectivity index (χ2n) is 9.25. The molecule has 1 aliphatic heterocycles. The summed E-state index contributed by atoms with van der Waals surface area (Å²) in [7, 11) is 0. The van der Waals surface area contributed by atoms with Crippen LogP contribution in [-0.4, -0.2) is 37.7 Å². The summed E-state index contributed by atoms with van der Waals surface area (Å²) < 4.78 is 45.5. The van der Waals surface area contributed by atoms with E-state index in [1.807, 2.05) is 32.9 Å². The normalized spacial score (nSPS) is 25.8. The lowest BCUT2D eigenvalue weighted by molar-refractivity contribution is -0.197. The minimum absolute atomic E-state index is 0.0299. The molecule has 1 saturated carbocycles. The molecule has 0 unspecified atom stereocenters. The monoisotopic (exact) mass is 457 g/mol. The molecule has 1 aliphatic carbocycles. The van der Waals surface area contributed by atoms with Crippen molar-refractivity contribution >= 4 is 11.2 Å². The van der Waals surface area contributed by atoms with Gasteiger partial charge in [-0.05, 0) is 64.2 Å². The average Bonchev–Trinajstić information content (AvgIpc) is 2.73. The largest absolute Gasteiger partial charge is 0.391 e. The fourth-order valence-corrected chi connectivity index (χ4v) is 4.76. The molecular formula is C24H26F3N5O. The van der Waals surface area contributed by atoms with Crippen molar-refractivity contribution in [3.8, 4) is 0 Å². The molecule has 2 fully saturated rings. The van der Waals surface area contributed by atoms with Gasteiger partial charge in [-0.2, -0.15) is 13.2 Å². The first-order valence-electron chi connectivity index (χ1n) is 11.3. The maximum absolute atomic E-state index is 13.1. The van der Waals surface area contributed by atoms with Gasteiger partial charge in [0.25, 0.3) is 0 Å². The molecule has 9 heteroatoms. The first kappa shape index (κ1) is 22.1. The lowest BCUT2D eigenvalue weighted by atomic mass is 9.72. The van der Waals surface area contributed by atoms with Gasteiger partial charge in [-0.3, -0.25) is 4.98 Å². The minimum Gasteiger partial charge on any atom is -0.373 e. The second kappa shape index (κ2) is 8.27. The maximum Gasteiger partial charge on any atom is 0.391 e. The number of rotatable bonds is 3. The van der Waals surface area contributed by atoms with Crippen LogP contribution in [0.3, 0.4) is 0 Å². The van der Waals surface area contributed by atoms with E-state index < -0.39 is 12.1 Å². The van der Waals surface area contributed by atoms with Gasteiger partial charge >= 0.3 is 6.18 Å². The molecule has 33 heavy (non-hydrogen) atoms. The van der Waals surface area contributed by atoms with Gasteiger partial charge in [0.1, 0.15) is 11.3 Å². The van der Waals surface area contributed by atoms with Crippen LogP contribution in [0.15, 0.2) is 18.3 Å². The summed E-state index contributed by atoms with van der Waals surface area (Å²) in [5, 5.41) is 0. The molecule has 5 rings (SSSR count). The van der Waals surface area contributed by atoms with Crippen molar-refractivity contribution in [2.45, 2.75) is 70.6 Å². The number of pyridine rings is 1. The molecular weight excluding hydrogens is 431 g/mol. The third-order valence-electron chi connectivity index (χ3n) is 6.92. The zero-order chi connectivity index (χ0) is 23.3. The van der Waals surface area contributed by atoms with Crippen molar-refractivity contribution in [2.24, 2.45) is 5.92 Å². The number of halogens is 3. The van der Waals surface area contributed by atoms with Gasteiger partial charge in [-0.15, -0.1) is 0 Å². The summed E-state index contributed by atoms with van der Waals surface area (Å²) in [6, 6.07) is 3.97. The van der Waals surface area contributed by atoms with Crippen LogP contribution in [0.2, 0.25) is 0 Å². The standard InChI is InChI=1S/C24H26F3N5O/c1-12-8-15(4-6-28-12)19-11-16(5-7-33-19)22-31-20(17-9-18(10-17)24(25,26)27)21-23(32-22)30-14(3)13(2)29-21/h4,6,8,16-19H,5,7,9-11H2,1-3H3/t16-,17?,18?,19-/m0/s1. The zero-order valence-electron chi connectivity index (χ0n) is 18.9. The Morgan fingerprint density at radius 1 is 0.939 bits per heavy atom. The molecule has 0 aromatic carbocycles. The molecule has 0 bridgehead atoms. The van der Waals surface area contributed by atoms with E-state index in [4.69, 9.17) is 14.7 Å². The van der Waals surface area contributed by atoms with Gasteiger partial charge < -0.3 is 4.74 Å². The van der Waals surface area contributed by atoms with Gasteiger partial charge in [-0.25, -0.2) is 19.9 Å². The predicted octanol–water partition coefficient (Wildman–Crippen LogP) is 5.43. The number of aromatic nitrogens is 5. The Hall–Kier alpha value is -2.68. The zero-order valence-corrected chi connectivity index (χ0v) is 18.9. The summed E-state index contributed by atoms with van der Waals surface area (Å²) in [5.41, 5.74) is 5.09. The Labute approximate surface area is 190 Å². The fourth-order valence-electron chi connectivity index (χ4n) is 4.76. The minimum atomic E-state index is -4.17. The van der Waals surface area contributed by atoms with E-state index in [1.165, 1.54) is 0 Å². The highest BCUT2D eigenvalue weighted by molar-refractivity contribution is 5.73. The highest BCUT2D eigenvalue weighted by Crippen LogP contribution is 2.50. The Morgan fingerprint density at radius 3 is 2.42 bits per heavy atom. The van der Waals surface area contributed by atoms with Crippen molar-refractivity contribution in [3.05, 3.63) is 52.5 Å². The molecule has 1 saturated heterocycles. The Kier molecular flexibility index (Phi) is 5.55. The molecule has 2 aliphatic rings. The molecule has 0 spiro atoms. The molecule has 0 N–H and O–H groups in total. The van der Waals surface area contributed by atoms with Crippen LogP contribution in [0.25, 0.3) is 11.2 Å². The summed E-state index contributed by atoms with van der Waals surface area (Å²) in [4.78, 5) is 23.1. The molecule has 0 amide bonds. The third-order valence-corrected chi connectivity index (χ3v) is 6.92. The molecule has 0 radical (unpaired) electrons. The smallest absolute Gasteiger partial charge is 0.373 e. The Balaban J connectivity index is 1.50. The topological polar surface area (TPSA) is 73.7 Å². The molecule has 174 valence electrons. The summed E-state index contributed by atoms with van der Waals surface area (Å²) >= 11 is 0. The van der Waals surface area contributed by atoms with Crippen LogP contribution in [-0.2, 0) is 4.74 Å². The van der Waals surface area contributed by atoms with Gasteiger partial charge in [0.2, 0.25) is 0 Å². The number of fused-ring (bicyclic) bond motifs is 1. The quantitative estimate of drug-likeness (QED) is 0.522. The van der Waals surface area contributed by atoms with Gasteiger partial charge in [-0.1, -0.05) is 0 Å². The molecule has 4 heterocycles. The third kappa shape index (κ3) is 4.30.